The van der Waals surface area contributed by atoms with Gasteiger partial charge in [0.05, 0.1) is 4.91 Å². The molecule has 1 aromatic rings. The van der Waals surface area contributed by atoms with E-state index < -0.39 is 12.6 Å². The molecule has 1 heterocycles. The van der Waals surface area contributed by atoms with Crippen LogP contribution in [0.25, 0.3) is 6.08 Å². The van der Waals surface area contributed by atoms with Crippen molar-refractivity contribution < 1.29 is 24.2 Å². The molecule has 1 aromatic carbocycles. The molecule has 7 nitrogen and oxygen atoms in total. The molecular formula is C19H20N2O5S2. The van der Waals surface area contributed by atoms with Gasteiger partial charge in [0, 0.05) is 5.92 Å². The number of nitrogens with zero attached hydrogens (tertiary/aromatic N) is 1. The van der Waals surface area contributed by atoms with E-state index in [0.717, 1.165) is 54.4 Å². The molecule has 9 heteroatoms. The van der Waals surface area contributed by atoms with Gasteiger partial charge in [-0.2, -0.15) is 5.01 Å². The van der Waals surface area contributed by atoms with Crippen molar-refractivity contribution in [3.63, 3.8) is 0 Å². The summed E-state index contributed by atoms with van der Waals surface area (Å²) >= 11 is 6.38. The van der Waals surface area contributed by atoms with Crippen LogP contribution in [-0.4, -0.2) is 38.8 Å². The van der Waals surface area contributed by atoms with Gasteiger partial charge in [0.15, 0.2) is 10.9 Å². The summed E-state index contributed by atoms with van der Waals surface area (Å²) in [6.07, 6.45) is 6.56. The first-order valence-electron chi connectivity index (χ1n) is 8.97. The van der Waals surface area contributed by atoms with Crippen molar-refractivity contribution in [2.75, 3.05) is 6.61 Å². The monoisotopic (exact) mass is 420 g/mol. The van der Waals surface area contributed by atoms with E-state index >= 15 is 0 Å². The maximum Gasteiger partial charge on any atom is 0.341 e. The lowest BCUT2D eigenvalue weighted by Gasteiger charge is -2.23. The maximum absolute atomic E-state index is 12.6. The highest BCUT2D eigenvalue weighted by Crippen LogP contribution is 2.32. The van der Waals surface area contributed by atoms with Gasteiger partial charge in [0.1, 0.15) is 5.75 Å². The Hall–Kier alpha value is -2.39. The molecule has 1 aliphatic carbocycles. The first kappa shape index (κ1) is 20.3. The second kappa shape index (κ2) is 9.20. The predicted molar refractivity (Wildman–Crippen MR) is 109 cm³/mol. The van der Waals surface area contributed by atoms with Gasteiger partial charge in [-0.1, -0.05) is 43.2 Å². The minimum atomic E-state index is -1.05. The molecule has 0 aromatic heterocycles. The summed E-state index contributed by atoms with van der Waals surface area (Å²) in [5.41, 5.74) is 3.40. The lowest BCUT2D eigenvalue weighted by Crippen LogP contribution is -2.47. The minimum absolute atomic E-state index is 0.0688. The van der Waals surface area contributed by atoms with Crippen LogP contribution in [-0.2, 0) is 14.4 Å². The number of hydrogen-bond acceptors (Lipinski definition) is 6. The Labute approximate surface area is 172 Å². The fourth-order valence-corrected chi connectivity index (χ4v) is 4.27. The van der Waals surface area contributed by atoms with Crippen molar-refractivity contribution in [2.45, 2.75) is 32.1 Å². The highest BCUT2D eigenvalue weighted by atomic mass is 32.2. The zero-order valence-electron chi connectivity index (χ0n) is 15.1. The zero-order valence-corrected chi connectivity index (χ0v) is 16.7. The smallest absolute Gasteiger partial charge is 0.341 e. The number of rotatable bonds is 6. The van der Waals surface area contributed by atoms with Gasteiger partial charge in [0.25, 0.3) is 5.91 Å². The molecule has 0 atom stereocenters. The average Bonchev–Trinajstić information content (AvgIpc) is 2.95. The van der Waals surface area contributed by atoms with Crippen LogP contribution < -0.4 is 10.2 Å². The molecule has 3 rings (SSSR count). The third kappa shape index (κ3) is 5.11. The number of benzene rings is 1. The number of ether oxygens (including phenoxy) is 1. The highest BCUT2D eigenvalue weighted by molar-refractivity contribution is 8.26. The third-order valence-corrected chi connectivity index (χ3v) is 5.83. The number of carboxylic acids is 1. The fourth-order valence-electron chi connectivity index (χ4n) is 3.09. The van der Waals surface area contributed by atoms with Crippen LogP contribution in [0.5, 0.6) is 5.75 Å². The van der Waals surface area contributed by atoms with Crippen molar-refractivity contribution >= 4 is 52.2 Å². The number of thioether (sulfide) groups is 1. The number of carbonyl (C=O) groups excluding carboxylic acids is 2. The van der Waals surface area contributed by atoms with E-state index in [0.29, 0.717) is 15.0 Å². The van der Waals surface area contributed by atoms with Crippen molar-refractivity contribution in [3.8, 4) is 5.75 Å². The molecule has 2 N–H and O–H groups in total. The van der Waals surface area contributed by atoms with E-state index in [-0.39, 0.29) is 17.7 Å². The van der Waals surface area contributed by atoms with Gasteiger partial charge >= 0.3 is 5.97 Å². The molecule has 2 fully saturated rings. The average molecular weight is 421 g/mol. The standard InChI is InChI=1S/C19H20N2O5S2/c22-16(23)11-26-14-8-6-12(7-9-14)10-15-18(25)21(19(27)28-15)20-17(24)13-4-2-1-3-5-13/h6-10,13H,1-5,11H2,(H,20,24)(H,22,23)/b15-10+. The maximum atomic E-state index is 12.6. The second-order valence-electron chi connectivity index (χ2n) is 6.58. The van der Waals surface area contributed by atoms with Crippen LogP contribution in [0.2, 0.25) is 0 Å². The van der Waals surface area contributed by atoms with Crippen LogP contribution in [0, 0.1) is 5.92 Å². The van der Waals surface area contributed by atoms with Crippen LogP contribution in [0.1, 0.15) is 37.7 Å². The molecule has 148 valence electrons. The topological polar surface area (TPSA) is 95.9 Å². The first-order chi connectivity index (χ1) is 13.4. The quantitative estimate of drug-likeness (QED) is 0.539. The van der Waals surface area contributed by atoms with Crippen molar-refractivity contribution in [1.29, 1.82) is 0 Å². The number of carbonyl (C=O) groups is 3. The Morgan fingerprint density at radius 3 is 2.57 bits per heavy atom. The number of hydrazine groups is 1. The van der Waals surface area contributed by atoms with Crippen LogP contribution in [0.15, 0.2) is 29.2 Å². The van der Waals surface area contributed by atoms with Gasteiger partial charge in [-0.3, -0.25) is 15.0 Å². The van der Waals surface area contributed by atoms with Gasteiger partial charge < -0.3 is 9.84 Å². The van der Waals surface area contributed by atoms with Crippen LogP contribution in [0.3, 0.4) is 0 Å². The molecule has 2 amide bonds. The summed E-state index contributed by atoms with van der Waals surface area (Å²) in [5, 5.41) is 9.77. The molecule has 28 heavy (non-hydrogen) atoms. The van der Waals surface area contributed by atoms with Gasteiger partial charge in [0.2, 0.25) is 5.91 Å². The SMILES string of the molecule is O=C(O)COc1ccc(/C=C2/SC(=S)N(NC(=O)C3CCCCC3)C2=O)cc1. The molecule has 2 aliphatic rings. The number of nitrogens with one attached hydrogen (secondary N) is 1. The van der Waals surface area contributed by atoms with E-state index in [9.17, 15) is 14.4 Å². The Kier molecular flexibility index (Phi) is 6.69. The molecule has 0 spiro atoms. The Morgan fingerprint density at radius 1 is 1.25 bits per heavy atom. The molecule has 1 saturated heterocycles. The van der Waals surface area contributed by atoms with Crippen molar-refractivity contribution in [1.82, 2.24) is 10.4 Å². The van der Waals surface area contributed by atoms with Gasteiger partial charge in [-0.15, -0.1) is 0 Å². The normalized spacial score (nSPS) is 19.1. The van der Waals surface area contributed by atoms with Gasteiger partial charge in [-0.05, 0) is 48.8 Å². The van der Waals surface area contributed by atoms with Crippen molar-refractivity contribution in [2.24, 2.45) is 5.92 Å². The molecular weight excluding hydrogens is 400 g/mol. The summed E-state index contributed by atoms with van der Waals surface area (Å²) in [5.74, 6) is -1.21. The lowest BCUT2D eigenvalue weighted by molar-refractivity contribution is -0.139. The van der Waals surface area contributed by atoms with E-state index in [1.807, 2.05) is 0 Å². The number of thiocarbonyl (C=S) groups is 1. The predicted octanol–water partition coefficient (Wildman–Crippen LogP) is 2.96. The summed E-state index contributed by atoms with van der Waals surface area (Å²) in [6, 6.07) is 6.68. The van der Waals surface area contributed by atoms with Crippen molar-refractivity contribution in [3.05, 3.63) is 34.7 Å². The first-order valence-corrected chi connectivity index (χ1v) is 10.2. The van der Waals surface area contributed by atoms with E-state index in [2.05, 4.69) is 5.43 Å². The summed E-state index contributed by atoms with van der Waals surface area (Å²) < 4.78 is 5.37. The number of hydrogen-bond donors (Lipinski definition) is 2. The van der Waals surface area contributed by atoms with E-state index in [1.165, 1.54) is 0 Å². The summed E-state index contributed by atoms with van der Waals surface area (Å²) in [4.78, 5) is 36.0. The number of amides is 2. The lowest BCUT2D eigenvalue weighted by atomic mass is 9.89. The molecule has 0 radical (unpaired) electrons. The van der Waals surface area contributed by atoms with E-state index in [4.69, 9.17) is 22.1 Å². The molecule has 0 bridgehead atoms. The molecule has 0 unspecified atom stereocenters. The zero-order chi connectivity index (χ0) is 20.1. The Bertz CT molecular complexity index is 816. The number of aliphatic carboxylic acids is 1. The Morgan fingerprint density at radius 2 is 1.93 bits per heavy atom. The molecule has 1 saturated carbocycles. The van der Waals surface area contributed by atoms with E-state index in [1.54, 1.807) is 30.3 Å². The van der Waals surface area contributed by atoms with Crippen LogP contribution >= 0.6 is 24.0 Å². The minimum Gasteiger partial charge on any atom is -0.482 e. The fraction of sp³-hybridized carbons (Fsp3) is 0.368. The summed E-state index contributed by atoms with van der Waals surface area (Å²) in [6.45, 7) is -0.418. The highest BCUT2D eigenvalue weighted by Gasteiger charge is 2.35. The van der Waals surface area contributed by atoms with Gasteiger partial charge in [-0.25, -0.2) is 4.79 Å². The summed E-state index contributed by atoms with van der Waals surface area (Å²) in [7, 11) is 0. The molecule has 1 aliphatic heterocycles. The third-order valence-electron chi connectivity index (χ3n) is 4.53. The second-order valence-corrected chi connectivity index (χ2v) is 8.26. The van der Waals surface area contributed by atoms with Crippen LogP contribution in [0.4, 0.5) is 0 Å². The largest absolute Gasteiger partial charge is 0.482 e. The number of carboxylic acid groups (broad SMARTS) is 1. The Balaban J connectivity index is 1.63.